The van der Waals surface area contributed by atoms with E-state index in [-0.39, 0.29) is 11.0 Å². The van der Waals surface area contributed by atoms with Crippen LogP contribution in [0.25, 0.3) is 16.8 Å². The molecular weight excluding hydrogens is 360 g/mol. The van der Waals surface area contributed by atoms with Gasteiger partial charge in [-0.1, -0.05) is 39.0 Å². The molecule has 0 atom stereocenters. The van der Waals surface area contributed by atoms with Gasteiger partial charge in [0.25, 0.3) is 0 Å². The highest BCUT2D eigenvalue weighted by molar-refractivity contribution is 5.76. The van der Waals surface area contributed by atoms with Gasteiger partial charge in [0.2, 0.25) is 0 Å². The maximum Gasteiger partial charge on any atom is 0.133 e. The third-order valence-corrected chi connectivity index (χ3v) is 5.43. The molecule has 1 aromatic heterocycles. The number of hydrogen-bond acceptors (Lipinski definition) is 4. The Morgan fingerprint density at radius 1 is 1.21 bits per heavy atom. The molecule has 0 N–H and O–H groups in total. The smallest absolute Gasteiger partial charge is 0.133 e. The van der Waals surface area contributed by atoms with Crippen molar-refractivity contribution >= 4 is 5.57 Å². The topological polar surface area (TPSA) is 74.6 Å². The van der Waals surface area contributed by atoms with Crippen molar-refractivity contribution < 1.29 is 4.74 Å². The minimum Gasteiger partial charge on any atom is -0.381 e. The lowest BCUT2D eigenvalue weighted by Crippen LogP contribution is -2.24. The number of benzene rings is 1. The zero-order chi connectivity index (χ0) is 21.0. The average Bonchev–Trinajstić information content (AvgIpc) is 3.14. The van der Waals surface area contributed by atoms with E-state index in [0.717, 1.165) is 55.2 Å². The number of hydrogen-bond donors (Lipinski definition) is 0. The molecule has 0 aliphatic carbocycles. The number of imidazole rings is 1. The third-order valence-electron chi connectivity index (χ3n) is 5.43. The predicted molar refractivity (Wildman–Crippen MR) is 114 cm³/mol. The molecule has 1 saturated heterocycles. The molecule has 2 aromatic rings. The number of ether oxygens (including phenoxy) is 1. The van der Waals surface area contributed by atoms with Gasteiger partial charge in [-0.2, -0.15) is 10.5 Å². The SMILES string of the molecule is CC(=C(C#N)C#N)c1cccc(-c2cn(CC3CCOCC3)c(C(C)(C)C)n2)c1. The molecule has 5 heteroatoms. The Bertz CT molecular complexity index is 973. The monoisotopic (exact) mass is 388 g/mol. The normalized spacial score (nSPS) is 14.8. The standard InChI is InChI=1S/C24H28N4O/c1-17(21(13-25)14-26)19-6-5-7-20(12-19)22-16-28(23(27-22)24(2,3)4)15-18-8-10-29-11-9-18/h5-7,12,16,18H,8-11,15H2,1-4H3. The zero-order valence-electron chi connectivity index (χ0n) is 17.7. The van der Waals surface area contributed by atoms with E-state index in [1.165, 1.54) is 0 Å². The van der Waals surface area contributed by atoms with Crippen LogP contribution in [0.2, 0.25) is 0 Å². The van der Waals surface area contributed by atoms with Crippen molar-refractivity contribution in [1.82, 2.24) is 9.55 Å². The molecule has 0 bridgehead atoms. The van der Waals surface area contributed by atoms with Gasteiger partial charge in [-0.15, -0.1) is 0 Å². The Morgan fingerprint density at radius 3 is 2.52 bits per heavy atom. The summed E-state index contributed by atoms with van der Waals surface area (Å²) < 4.78 is 7.81. The van der Waals surface area contributed by atoms with E-state index in [4.69, 9.17) is 9.72 Å². The third kappa shape index (κ3) is 4.75. The summed E-state index contributed by atoms with van der Waals surface area (Å²) in [5.41, 5.74) is 3.56. The molecule has 29 heavy (non-hydrogen) atoms. The molecular formula is C24H28N4O. The second-order valence-electron chi connectivity index (χ2n) is 8.71. The summed E-state index contributed by atoms with van der Waals surface area (Å²) in [7, 11) is 0. The highest BCUT2D eigenvalue weighted by Gasteiger charge is 2.24. The maximum atomic E-state index is 9.17. The van der Waals surface area contributed by atoms with Crippen LogP contribution in [0.3, 0.4) is 0 Å². The average molecular weight is 389 g/mol. The second-order valence-corrected chi connectivity index (χ2v) is 8.71. The molecule has 0 radical (unpaired) electrons. The highest BCUT2D eigenvalue weighted by Crippen LogP contribution is 2.30. The van der Waals surface area contributed by atoms with Gasteiger partial charge in [0.15, 0.2) is 0 Å². The van der Waals surface area contributed by atoms with Crippen LogP contribution >= 0.6 is 0 Å². The van der Waals surface area contributed by atoms with Crippen LogP contribution in [0.5, 0.6) is 0 Å². The Balaban J connectivity index is 1.99. The van der Waals surface area contributed by atoms with Crippen LogP contribution in [0.4, 0.5) is 0 Å². The van der Waals surface area contributed by atoms with Gasteiger partial charge in [-0.3, -0.25) is 0 Å². The van der Waals surface area contributed by atoms with Gasteiger partial charge in [-0.05, 0) is 42.9 Å². The van der Waals surface area contributed by atoms with E-state index in [0.29, 0.717) is 11.5 Å². The fourth-order valence-electron chi connectivity index (χ4n) is 3.75. The molecule has 0 unspecified atom stereocenters. The number of rotatable bonds is 4. The molecule has 3 rings (SSSR count). The van der Waals surface area contributed by atoms with Gasteiger partial charge in [0.1, 0.15) is 23.5 Å². The number of nitrogens with zero attached hydrogens (tertiary/aromatic N) is 4. The van der Waals surface area contributed by atoms with Crippen LogP contribution in [0.15, 0.2) is 36.0 Å². The van der Waals surface area contributed by atoms with Crippen molar-refractivity contribution in [2.75, 3.05) is 13.2 Å². The van der Waals surface area contributed by atoms with Crippen LogP contribution in [0.1, 0.15) is 51.9 Å². The lowest BCUT2D eigenvalue weighted by Gasteiger charge is -2.25. The summed E-state index contributed by atoms with van der Waals surface area (Å²) in [6.07, 6.45) is 4.31. The quantitative estimate of drug-likeness (QED) is 0.683. The molecule has 2 heterocycles. The molecule has 0 spiro atoms. The first-order valence-corrected chi connectivity index (χ1v) is 10.1. The Labute approximate surface area is 173 Å². The summed E-state index contributed by atoms with van der Waals surface area (Å²) in [4.78, 5) is 4.99. The summed E-state index contributed by atoms with van der Waals surface area (Å²) in [6, 6.07) is 11.9. The van der Waals surface area contributed by atoms with E-state index in [2.05, 4.69) is 31.5 Å². The van der Waals surface area contributed by atoms with Gasteiger partial charge < -0.3 is 9.30 Å². The van der Waals surface area contributed by atoms with Crippen LogP contribution in [0, 0.1) is 28.6 Å². The first-order chi connectivity index (χ1) is 13.8. The largest absolute Gasteiger partial charge is 0.381 e. The minimum absolute atomic E-state index is 0.0639. The number of nitriles is 2. The van der Waals surface area contributed by atoms with Crippen molar-refractivity contribution in [3.05, 3.63) is 47.4 Å². The van der Waals surface area contributed by atoms with Gasteiger partial charge in [0.05, 0.1) is 5.69 Å². The molecule has 1 fully saturated rings. The molecule has 5 nitrogen and oxygen atoms in total. The second kappa shape index (κ2) is 8.64. The van der Waals surface area contributed by atoms with E-state index < -0.39 is 0 Å². The lowest BCUT2D eigenvalue weighted by atomic mass is 9.94. The summed E-state index contributed by atoms with van der Waals surface area (Å²) in [5, 5.41) is 18.3. The van der Waals surface area contributed by atoms with Crippen LogP contribution < -0.4 is 0 Å². The molecule has 0 amide bonds. The van der Waals surface area contributed by atoms with E-state index in [1.54, 1.807) is 0 Å². The van der Waals surface area contributed by atoms with E-state index >= 15 is 0 Å². The first kappa shape index (κ1) is 20.8. The van der Waals surface area contributed by atoms with Crippen molar-refractivity contribution in [3.8, 4) is 23.4 Å². The molecule has 0 saturated carbocycles. The van der Waals surface area contributed by atoms with E-state index in [9.17, 15) is 10.5 Å². The predicted octanol–water partition coefficient (Wildman–Crippen LogP) is 5.09. The number of aromatic nitrogens is 2. The van der Waals surface area contributed by atoms with Crippen molar-refractivity contribution in [3.63, 3.8) is 0 Å². The molecule has 150 valence electrons. The molecule has 1 aliphatic rings. The van der Waals surface area contributed by atoms with Crippen molar-refractivity contribution in [1.29, 1.82) is 10.5 Å². The first-order valence-electron chi connectivity index (χ1n) is 10.1. The van der Waals surface area contributed by atoms with Gasteiger partial charge >= 0.3 is 0 Å². The van der Waals surface area contributed by atoms with Crippen molar-refractivity contribution in [2.24, 2.45) is 5.92 Å². The van der Waals surface area contributed by atoms with E-state index in [1.807, 2.05) is 43.3 Å². The molecule has 1 aliphatic heterocycles. The fourth-order valence-corrected chi connectivity index (χ4v) is 3.75. The Kier molecular flexibility index (Phi) is 6.20. The highest BCUT2D eigenvalue weighted by atomic mass is 16.5. The minimum atomic E-state index is -0.0639. The lowest BCUT2D eigenvalue weighted by molar-refractivity contribution is 0.0608. The zero-order valence-corrected chi connectivity index (χ0v) is 17.7. The van der Waals surface area contributed by atoms with Gasteiger partial charge in [0, 0.05) is 36.9 Å². The molecule has 1 aromatic carbocycles. The van der Waals surface area contributed by atoms with Gasteiger partial charge in [-0.25, -0.2) is 4.98 Å². The Hall–Kier alpha value is -2.89. The maximum absolute atomic E-state index is 9.17. The van der Waals surface area contributed by atoms with Crippen molar-refractivity contribution in [2.45, 2.75) is 52.5 Å². The van der Waals surface area contributed by atoms with Crippen LogP contribution in [-0.2, 0) is 16.7 Å². The summed E-state index contributed by atoms with van der Waals surface area (Å²) in [6.45, 7) is 11.0. The number of allylic oxidation sites excluding steroid dienone is 2. The summed E-state index contributed by atoms with van der Waals surface area (Å²) in [5.74, 6) is 1.68. The Morgan fingerprint density at radius 2 is 1.90 bits per heavy atom. The summed E-state index contributed by atoms with van der Waals surface area (Å²) >= 11 is 0. The van der Waals surface area contributed by atoms with Crippen LogP contribution in [-0.4, -0.2) is 22.8 Å². The fraction of sp³-hybridized carbons (Fsp3) is 0.458.